The SMILES string of the molecule is CCNC(=O)C1CC(c2ccccc2)NN1. The second-order valence-electron chi connectivity index (χ2n) is 3.93. The first-order valence-corrected chi connectivity index (χ1v) is 5.65. The molecule has 0 radical (unpaired) electrons. The van der Waals surface area contributed by atoms with Crippen LogP contribution in [0.4, 0.5) is 0 Å². The number of carbonyl (C=O) groups is 1. The highest BCUT2D eigenvalue weighted by molar-refractivity contribution is 5.82. The molecule has 1 aromatic rings. The van der Waals surface area contributed by atoms with Crippen LogP contribution in [-0.2, 0) is 4.79 Å². The highest BCUT2D eigenvalue weighted by Crippen LogP contribution is 2.21. The smallest absolute Gasteiger partial charge is 0.238 e. The molecule has 3 N–H and O–H groups in total. The molecular weight excluding hydrogens is 202 g/mol. The summed E-state index contributed by atoms with van der Waals surface area (Å²) >= 11 is 0. The second kappa shape index (κ2) is 5.09. The maximum Gasteiger partial charge on any atom is 0.238 e. The molecule has 1 saturated heterocycles. The molecular formula is C12H17N3O. The molecule has 0 aromatic heterocycles. The van der Waals surface area contributed by atoms with Crippen LogP contribution in [-0.4, -0.2) is 18.5 Å². The van der Waals surface area contributed by atoms with Crippen LogP contribution in [0, 0.1) is 0 Å². The Hall–Kier alpha value is -1.39. The molecule has 4 heteroatoms. The number of amides is 1. The van der Waals surface area contributed by atoms with E-state index in [-0.39, 0.29) is 18.0 Å². The number of carbonyl (C=O) groups excluding carboxylic acids is 1. The lowest BCUT2D eigenvalue weighted by atomic mass is 10.0. The molecule has 1 heterocycles. The average Bonchev–Trinajstić information content (AvgIpc) is 2.80. The maximum atomic E-state index is 11.6. The third-order valence-corrected chi connectivity index (χ3v) is 2.77. The van der Waals surface area contributed by atoms with E-state index >= 15 is 0 Å². The van der Waals surface area contributed by atoms with Gasteiger partial charge in [0.15, 0.2) is 0 Å². The Balaban J connectivity index is 1.96. The number of nitrogens with one attached hydrogen (secondary N) is 3. The van der Waals surface area contributed by atoms with E-state index in [1.54, 1.807) is 0 Å². The van der Waals surface area contributed by atoms with Gasteiger partial charge < -0.3 is 5.32 Å². The van der Waals surface area contributed by atoms with Crippen molar-refractivity contribution >= 4 is 5.91 Å². The predicted octanol–water partition coefficient (Wildman–Crippen LogP) is 0.730. The van der Waals surface area contributed by atoms with Gasteiger partial charge in [-0.05, 0) is 18.9 Å². The van der Waals surface area contributed by atoms with E-state index in [9.17, 15) is 4.79 Å². The van der Waals surface area contributed by atoms with Crippen LogP contribution >= 0.6 is 0 Å². The normalized spacial score (nSPS) is 24.3. The largest absolute Gasteiger partial charge is 0.355 e. The van der Waals surface area contributed by atoms with Crippen LogP contribution in [0.15, 0.2) is 30.3 Å². The molecule has 0 aliphatic carbocycles. The summed E-state index contributed by atoms with van der Waals surface area (Å²) < 4.78 is 0. The Morgan fingerprint density at radius 3 is 2.81 bits per heavy atom. The standard InChI is InChI=1S/C12H17N3O/c1-2-13-12(16)11-8-10(14-15-11)9-6-4-3-5-7-9/h3-7,10-11,14-15H,2,8H2,1H3,(H,13,16). The molecule has 1 aliphatic rings. The number of hydrazine groups is 1. The first-order chi connectivity index (χ1) is 7.81. The zero-order chi connectivity index (χ0) is 11.4. The molecule has 1 aliphatic heterocycles. The minimum absolute atomic E-state index is 0.0634. The lowest BCUT2D eigenvalue weighted by Crippen LogP contribution is -2.43. The molecule has 1 aromatic carbocycles. The summed E-state index contributed by atoms with van der Waals surface area (Å²) in [6.45, 7) is 2.60. The molecule has 1 fully saturated rings. The Bertz CT molecular complexity index is 353. The number of hydrogen-bond donors (Lipinski definition) is 3. The Morgan fingerprint density at radius 2 is 2.12 bits per heavy atom. The van der Waals surface area contributed by atoms with Crippen molar-refractivity contribution in [2.45, 2.75) is 25.4 Å². The van der Waals surface area contributed by atoms with E-state index in [1.165, 1.54) is 5.56 Å². The van der Waals surface area contributed by atoms with Crippen molar-refractivity contribution in [1.29, 1.82) is 0 Å². The summed E-state index contributed by atoms with van der Waals surface area (Å²) in [6.07, 6.45) is 0.788. The van der Waals surface area contributed by atoms with Crippen molar-refractivity contribution in [3.8, 4) is 0 Å². The van der Waals surface area contributed by atoms with Gasteiger partial charge in [-0.2, -0.15) is 0 Å². The number of benzene rings is 1. The van der Waals surface area contributed by atoms with Crippen LogP contribution in [0.2, 0.25) is 0 Å². The fraction of sp³-hybridized carbons (Fsp3) is 0.417. The topological polar surface area (TPSA) is 53.2 Å². The van der Waals surface area contributed by atoms with Gasteiger partial charge in [0, 0.05) is 12.6 Å². The number of rotatable bonds is 3. The van der Waals surface area contributed by atoms with E-state index in [2.05, 4.69) is 28.3 Å². The molecule has 2 rings (SSSR count). The van der Waals surface area contributed by atoms with Crippen LogP contribution in [0.3, 0.4) is 0 Å². The average molecular weight is 219 g/mol. The summed E-state index contributed by atoms with van der Waals surface area (Å²) in [6, 6.07) is 10.2. The fourth-order valence-corrected chi connectivity index (χ4v) is 1.93. The number of hydrogen-bond acceptors (Lipinski definition) is 3. The third-order valence-electron chi connectivity index (χ3n) is 2.77. The zero-order valence-corrected chi connectivity index (χ0v) is 9.36. The summed E-state index contributed by atoms with van der Waals surface area (Å²) in [4.78, 5) is 11.6. The first kappa shape index (κ1) is 11.1. The van der Waals surface area contributed by atoms with Crippen molar-refractivity contribution in [3.05, 3.63) is 35.9 Å². The van der Waals surface area contributed by atoms with Gasteiger partial charge in [0.25, 0.3) is 0 Å². The van der Waals surface area contributed by atoms with E-state index in [0.717, 1.165) is 6.42 Å². The number of likely N-dealkylation sites (N-methyl/N-ethyl adjacent to an activating group) is 1. The molecule has 1 amide bonds. The van der Waals surface area contributed by atoms with Crippen molar-refractivity contribution < 1.29 is 4.79 Å². The van der Waals surface area contributed by atoms with Crippen molar-refractivity contribution in [1.82, 2.24) is 16.2 Å². The summed E-state index contributed by atoms with van der Waals surface area (Å²) in [7, 11) is 0. The quantitative estimate of drug-likeness (QED) is 0.702. The van der Waals surface area contributed by atoms with E-state index in [1.807, 2.05) is 25.1 Å². The van der Waals surface area contributed by atoms with Crippen LogP contribution in [0.25, 0.3) is 0 Å². The predicted molar refractivity (Wildman–Crippen MR) is 62.5 cm³/mol. The minimum atomic E-state index is -0.134. The van der Waals surface area contributed by atoms with Crippen molar-refractivity contribution in [3.63, 3.8) is 0 Å². The summed E-state index contributed by atoms with van der Waals surface area (Å²) in [5.74, 6) is 0.0634. The minimum Gasteiger partial charge on any atom is -0.355 e. The van der Waals surface area contributed by atoms with Gasteiger partial charge in [0.1, 0.15) is 6.04 Å². The zero-order valence-electron chi connectivity index (χ0n) is 9.36. The molecule has 2 atom stereocenters. The van der Waals surface area contributed by atoms with Gasteiger partial charge in [-0.1, -0.05) is 30.3 Å². The van der Waals surface area contributed by atoms with Gasteiger partial charge in [-0.25, -0.2) is 10.9 Å². The summed E-state index contributed by atoms with van der Waals surface area (Å²) in [5, 5.41) is 2.82. The van der Waals surface area contributed by atoms with E-state index < -0.39 is 0 Å². The Labute approximate surface area is 95.4 Å². The van der Waals surface area contributed by atoms with Crippen molar-refractivity contribution in [2.75, 3.05) is 6.54 Å². The third kappa shape index (κ3) is 2.40. The van der Waals surface area contributed by atoms with E-state index in [4.69, 9.17) is 0 Å². The molecule has 0 spiro atoms. The Kier molecular flexibility index (Phi) is 3.54. The Morgan fingerprint density at radius 1 is 1.38 bits per heavy atom. The summed E-state index contributed by atoms with van der Waals surface area (Å²) in [5.41, 5.74) is 7.39. The first-order valence-electron chi connectivity index (χ1n) is 5.65. The van der Waals surface area contributed by atoms with Crippen LogP contribution < -0.4 is 16.2 Å². The van der Waals surface area contributed by atoms with Crippen LogP contribution in [0.5, 0.6) is 0 Å². The molecule has 0 bridgehead atoms. The lowest BCUT2D eigenvalue weighted by Gasteiger charge is -2.09. The van der Waals surface area contributed by atoms with Gasteiger partial charge in [0.05, 0.1) is 0 Å². The monoisotopic (exact) mass is 219 g/mol. The molecule has 2 unspecified atom stereocenters. The maximum absolute atomic E-state index is 11.6. The van der Waals surface area contributed by atoms with Crippen LogP contribution in [0.1, 0.15) is 24.9 Å². The van der Waals surface area contributed by atoms with Gasteiger partial charge in [0.2, 0.25) is 5.91 Å². The van der Waals surface area contributed by atoms with E-state index in [0.29, 0.717) is 6.54 Å². The fourth-order valence-electron chi connectivity index (χ4n) is 1.93. The highest BCUT2D eigenvalue weighted by atomic mass is 16.2. The lowest BCUT2D eigenvalue weighted by molar-refractivity contribution is -0.122. The van der Waals surface area contributed by atoms with Gasteiger partial charge in [-0.3, -0.25) is 4.79 Å². The highest BCUT2D eigenvalue weighted by Gasteiger charge is 2.29. The second-order valence-corrected chi connectivity index (χ2v) is 3.93. The van der Waals surface area contributed by atoms with Gasteiger partial charge >= 0.3 is 0 Å². The molecule has 86 valence electrons. The molecule has 4 nitrogen and oxygen atoms in total. The molecule has 0 saturated carbocycles. The van der Waals surface area contributed by atoms with Gasteiger partial charge in [-0.15, -0.1) is 0 Å². The van der Waals surface area contributed by atoms with Crippen molar-refractivity contribution in [2.24, 2.45) is 0 Å². The molecule has 16 heavy (non-hydrogen) atoms.